The number of hydrogen-bond acceptors (Lipinski definition) is 6. The molecule has 3 aromatic rings. The number of aliphatic hydroxyl groups is 1. The van der Waals surface area contributed by atoms with E-state index in [1.54, 1.807) is 24.0 Å². The number of unbranched alkanes of at least 4 members (excludes halogenated alkanes) is 2. The number of phenols is 2. The zero-order valence-corrected chi connectivity index (χ0v) is 15.9. The summed E-state index contributed by atoms with van der Waals surface area (Å²) < 4.78 is 4.19. The van der Waals surface area contributed by atoms with E-state index >= 15 is 0 Å². The lowest BCUT2D eigenvalue weighted by atomic mass is 10.0. The average molecular weight is 388 g/mol. The molecule has 0 aliphatic carbocycles. The number of aliphatic hydroxyl groups excluding tert-OH is 1. The highest BCUT2D eigenvalue weighted by Gasteiger charge is 2.14. The summed E-state index contributed by atoms with van der Waals surface area (Å²) in [5, 5.41) is 29.0. The Labute approximate surface area is 160 Å². The number of rotatable bonds is 7. The molecule has 1 unspecified atom stereocenters. The van der Waals surface area contributed by atoms with Gasteiger partial charge >= 0.3 is 5.69 Å². The molecule has 3 rings (SSSR count). The van der Waals surface area contributed by atoms with E-state index in [2.05, 4.69) is 4.98 Å². The van der Waals surface area contributed by atoms with Crippen LogP contribution in [0.5, 0.6) is 11.5 Å². The van der Waals surface area contributed by atoms with Crippen LogP contribution >= 0.6 is 0 Å². The minimum Gasteiger partial charge on any atom is -0.504 e. The molecule has 0 saturated carbocycles. The van der Waals surface area contributed by atoms with E-state index in [4.69, 9.17) is 0 Å². The van der Waals surface area contributed by atoms with E-state index in [0.29, 0.717) is 29.7 Å². The van der Waals surface area contributed by atoms with Crippen LogP contribution in [0.15, 0.2) is 34.1 Å². The number of benzene rings is 1. The van der Waals surface area contributed by atoms with Crippen LogP contribution in [-0.2, 0) is 20.6 Å². The first-order valence-electron chi connectivity index (χ1n) is 9.12. The summed E-state index contributed by atoms with van der Waals surface area (Å²) in [6, 6.07) is 4.29. The van der Waals surface area contributed by atoms with Gasteiger partial charge in [-0.3, -0.25) is 13.9 Å². The number of nitrogens with zero attached hydrogens (tertiary/aromatic N) is 4. The van der Waals surface area contributed by atoms with Gasteiger partial charge < -0.3 is 19.9 Å². The summed E-state index contributed by atoms with van der Waals surface area (Å²) in [6.45, 7) is 0.583. The second-order valence-corrected chi connectivity index (χ2v) is 6.93. The Morgan fingerprint density at radius 2 is 1.79 bits per heavy atom. The van der Waals surface area contributed by atoms with E-state index < -0.39 is 11.8 Å². The first kappa shape index (κ1) is 19.7. The van der Waals surface area contributed by atoms with Crippen molar-refractivity contribution in [2.24, 2.45) is 14.1 Å². The number of phenolic OH excluding ortho intramolecular Hbond substituents is 2. The zero-order chi connectivity index (χ0) is 20.4. The number of aryl methyl sites for hydroxylation is 2. The Morgan fingerprint density at radius 1 is 1.04 bits per heavy atom. The normalized spacial score (nSPS) is 12.5. The Kier molecular flexibility index (Phi) is 5.55. The Balaban J connectivity index is 1.58. The second kappa shape index (κ2) is 7.89. The third kappa shape index (κ3) is 3.65. The first-order valence-corrected chi connectivity index (χ1v) is 9.12. The van der Waals surface area contributed by atoms with Crippen LogP contribution in [-0.4, -0.2) is 34.0 Å². The predicted molar refractivity (Wildman–Crippen MR) is 103 cm³/mol. The van der Waals surface area contributed by atoms with E-state index in [1.807, 2.05) is 0 Å². The minimum atomic E-state index is -0.720. The molecular weight excluding hydrogens is 364 g/mol. The van der Waals surface area contributed by atoms with Crippen molar-refractivity contribution in [3.8, 4) is 11.5 Å². The molecule has 0 saturated heterocycles. The van der Waals surface area contributed by atoms with Gasteiger partial charge in [-0.25, -0.2) is 9.78 Å². The van der Waals surface area contributed by atoms with Crippen molar-refractivity contribution in [3.05, 3.63) is 50.9 Å². The van der Waals surface area contributed by atoms with Gasteiger partial charge in [0.05, 0.1) is 12.4 Å². The van der Waals surface area contributed by atoms with Gasteiger partial charge in [0, 0.05) is 20.6 Å². The fraction of sp³-hybridized carbons (Fsp3) is 0.421. The van der Waals surface area contributed by atoms with Crippen LogP contribution in [0.2, 0.25) is 0 Å². The second-order valence-electron chi connectivity index (χ2n) is 6.93. The molecule has 0 fully saturated rings. The molecule has 28 heavy (non-hydrogen) atoms. The molecule has 9 nitrogen and oxygen atoms in total. The van der Waals surface area contributed by atoms with Crippen LogP contribution in [0.25, 0.3) is 11.2 Å². The van der Waals surface area contributed by atoms with Crippen molar-refractivity contribution in [1.82, 2.24) is 18.7 Å². The monoisotopic (exact) mass is 388 g/mol. The number of imidazole rings is 1. The fourth-order valence-corrected chi connectivity index (χ4v) is 3.28. The molecule has 0 amide bonds. The maximum absolute atomic E-state index is 12.4. The van der Waals surface area contributed by atoms with Crippen molar-refractivity contribution in [2.45, 2.75) is 38.3 Å². The zero-order valence-electron chi connectivity index (χ0n) is 15.9. The van der Waals surface area contributed by atoms with Gasteiger partial charge in [0.2, 0.25) is 0 Å². The molecule has 0 bridgehead atoms. The van der Waals surface area contributed by atoms with Gasteiger partial charge in [-0.1, -0.05) is 18.9 Å². The number of fused-ring (bicyclic) bond motifs is 1. The van der Waals surface area contributed by atoms with Gasteiger partial charge in [0.15, 0.2) is 22.7 Å². The van der Waals surface area contributed by atoms with Crippen molar-refractivity contribution in [1.29, 1.82) is 0 Å². The largest absolute Gasteiger partial charge is 0.504 e. The average Bonchev–Trinajstić information content (AvgIpc) is 3.10. The van der Waals surface area contributed by atoms with Gasteiger partial charge in [-0.05, 0) is 30.5 Å². The molecule has 0 aliphatic rings. The first-order chi connectivity index (χ1) is 13.3. The van der Waals surface area contributed by atoms with Crippen LogP contribution in [0.3, 0.4) is 0 Å². The van der Waals surface area contributed by atoms with Crippen LogP contribution in [0.4, 0.5) is 0 Å². The topological polar surface area (TPSA) is 123 Å². The molecule has 0 aliphatic heterocycles. The third-order valence-electron chi connectivity index (χ3n) is 4.98. The van der Waals surface area contributed by atoms with Crippen LogP contribution in [0, 0.1) is 0 Å². The van der Waals surface area contributed by atoms with Crippen molar-refractivity contribution in [2.75, 3.05) is 0 Å². The fourth-order valence-electron chi connectivity index (χ4n) is 3.28. The maximum atomic E-state index is 12.4. The Hall–Kier alpha value is -3.07. The van der Waals surface area contributed by atoms with Gasteiger partial charge in [-0.2, -0.15) is 0 Å². The molecule has 2 aromatic heterocycles. The molecule has 0 spiro atoms. The molecule has 0 radical (unpaired) electrons. The smallest absolute Gasteiger partial charge is 0.332 e. The van der Waals surface area contributed by atoms with Gasteiger partial charge in [0.1, 0.15) is 0 Å². The highest BCUT2D eigenvalue weighted by atomic mass is 16.3. The Morgan fingerprint density at radius 3 is 2.50 bits per heavy atom. The van der Waals surface area contributed by atoms with Crippen molar-refractivity contribution < 1.29 is 15.3 Å². The molecule has 3 N–H and O–H groups in total. The lowest BCUT2D eigenvalue weighted by Gasteiger charge is -2.12. The van der Waals surface area contributed by atoms with E-state index in [9.17, 15) is 24.9 Å². The third-order valence-corrected chi connectivity index (χ3v) is 4.98. The van der Waals surface area contributed by atoms with Gasteiger partial charge in [-0.15, -0.1) is 0 Å². The van der Waals surface area contributed by atoms with E-state index in [1.165, 1.54) is 23.7 Å². The molecule has 1 atom stereocenters. The summed E-state index contributed by atoms with van der Waals surface area (Å²) in [4.78, 5) is 28.5. The molecule has 1 aromatic carbocycles. The quantitative estimate of drug-likeness (QED) is 0.412. The van der Waals surface area contributed by atoms with Crippen LogP contribution < -0.4 is 11.2 Å². The summed E-state index contributed by atoms with van der Waals surface area (Å²) in [6.07, 6.45) is 3.73. The van der Waals surface area contributed by atoms with Crippen LogP contribution in [0.1, 0.15) is 37.4 Å². The molecule has 9 heteroatoms. The molecule has 2 heterocycles. The van der Waals surface area contributed by atoms with E-state index in [0.717, 1.165) is 23.8 Å². The van der Waals surface area contributed by atoms with Gasteiger partial charge in [0.25, 0.3) is 5.56 Å². The summed E-state index contributed by atoms with van der Waals surface area (Å²) in [5.41, 5.74) is 0.565. The number of hydrogen-bond donors (Lipinski definition) is 3. The van der Waals surface area contributed by atoms with Crippen molar-refractivity contribution in [3.63, 3.8) is 0 Å². The standard InChI is InChI=1S/C19H24N4O5/c1-21-17-16(18(27)22(2)19(21)28)23(11-20-17)9-5-3-4-6-13(24)12-7-8-14(25)15(26)10-12/h7-8,10-11,13,24-26H,3-6,9H2,1-2H3. The maximum Gasteiger partial charge on any atom is 0.332 e. The summed E-state index contributed by atoms with van der Waals surface area (Å²) in [5.74, 6) is -0.466. The Bertz CT molecular complexity index is 1110. The lowest BCUT2D eigenvalue weighted by molar-refractivity contribution is 0.163. The van der Waals surface area contributed by atoms with E-state index in [-0.39, 0.29) is 17.1 Å². The summed E-state index contributed by atoms with van der Waals surface area (Å²) in [7, 11) is 3.04. The van der Waals surface area contributed by atoms with Crippen molar-refractivity contribution >= 4 is 11.2 Å². The minimum absolute atomic E-state index is 0.216. The predicted octanol–water partition coefficient (Wildman–Crippen LogP) is 1.14. The molecular formula is C19H24N4O5. The highest BCUT2D eigenvalue weighted by Crippen LogP contribution is 2.29. The number of aromatic nitrogens is 4. The number of aromatic hydroxyl groups is 2. The lowest BCUT2D eigenvalue weighted by Crippen LogP contribution is -2.37. The molecule has 150 valence electrons. The summed E-state index contributed by atoms with van der Waals surface area (Å²) >= 11 is 0. The SMILES string of the molecule is Cn1c(=O)c2c(ncn2CCCCCC(O)c2ccc(O)c(O)c2)n(C)c1=O. The highest BCUT2D eigenvalue weighted by molar-refractivity contribution is 5.69.